The number of benzene rings is 9. The van der Waals surface area contributed by atoms with Crippen LogP contribution in [0.2, 0.25) is 0 Å². The van der Waals surface area contributed by atoms with Gasteiger partial charge in [-0.1, -0.05) is 92.9 Å². The Labute approximate surface area is 456 Å². The molecule has 0 spiro atoms. The van der Waals surface area contributed by atoms with Gasteiger partial charge in [0.15, 0.2) is 0 Å². The topological polar surface area (TPSA) is 0 Å². The van der Waals surface area contributed by atoms with Crippen molar-refractivity contribution in [1.82, 2.24) is 0 Å². The molecule has 0 nitrogen and oxygen atoms in total. The first kappa shape index (κ1) is 52.9. The van der Waals surface area contributed by atoms with Gasteiger partial charge in [-0.3, -0.25) is 0 Å². The van der Waals surface area contributed by atoms with E-state index in [0.29, 0.717) is 0 Å². The highest BCUT2D eigenvalue weighted by Crippen LogP contribution is 2.39. The lowest BCUT2D eigenvalue weighted by atomic mass is 9.55. The first-order chi connectivity index (χ1) is 33.5. The van der Waals surface area contributed by atoms with Gasteiger partial charge in [-0.2, -0.15) is 0 Å². The van der Waals surface area contributed by atoms with E-state index in [9.17, 15) is 0 Å². The molecule has 0 amide bonds. The molecule has 28 heteroatoms. The van der Waals surface area contributed by atoms with Gasteiger partial charge in [0, 0.05) is 0 Å². The van der Waals surface area contributed by atoms with Crippen LogP contribution in [0.4, 0.5) is 0 Å². The minimum Gasteiger partial charge on any atom is -0.112 e. The van der Waals surface area contributed by atoms with E-state index in [0.717, 1.165) is 0 Å². The zero-order chi connectivity index (χ0) is 53.4. The van der Waals surface area contributed by atoms with Crippen molar-refractivity contribution < 1.29 is 0 Å². The number of hydrogen-bond acceptors (Lipinski definition) is 0. The molecule has 9 rings (SSSR count). The quantitative estimate of drug-likeness (QED) is 0.0945. The molecule has 9 aromatic rings. The van der Waals surface area contributed by atoms with Crippen molar-refractivity contribution in [2.24, 2.45) is 0 Å². The van der Waals surface area contributed by atoms with Crippen LogP contribution in [0.3, 0.4) is 0 Å². The van der Waals surface area contributed by atoms with E-state index in [1.165, 1.54) is 0 Å². The Morgan fingerprint density at radius 3 is 0.528 bits per heavy atom. The monoisotopic (exact) mass is 836 g/mol. The number of fused-ring (bicyclic) bond motifs is 6. The molecule has 0 bridgehead atoms. The van der Waals surface area contributed by atoms with E-state index >= 15 is 0 Å². The van der Waals surface area contributed by atoms with Crippen LogP contribution in [0.25, 0.3) is 87.2 Å². The average molecular weight is 831 g/mol. The third kappa shape index (κ3) is 6.72. The second kappa shape index (κ2) is 17.9. The molecule has 0 fully saturated rings. The van der Waals surface area contributed by atoms with Crippen molar-refractivity contribution in [2.75, 3.05) is 0 Å². The summed E-state index contributed by atoms with van der Waals surface area (Å²) in [4.78, 5) is 0. The summed E-state index contributed by atoms with van der Waals surface area (Å²) in [6.07, 6.45) is 0. The van der Waals surface area contributed by atoms with E-state index in [-0.39, 0.29) is 240 Å². The summed E-state index contributed by atoms with van der Waals surface area (Å²) in [5, 5.41) is 0.369. The maximum absolute atomic E-state index is 7.32. The summed E-state index contributed by atoms with van der Waals surface area (Å²) in [6, 6.07) is 0. The predicted octanol–water partition coefficient (Wildman–Crippen LogP) is -21.3. The second-order valence-electron chi connectivity index (χ2n) is 17.6. The first-order valence-corrected chi connectivity index (χ1v) is 21.1. The van der Waals surface area contributed by atoms with Crippen LogP contribution < -0.4 is 153 Å². The average Bonchev–Trinajstić information content (AvgIpc) is 3.34. The van der Waals surface area contributed by atoms with E-state index in [2.05, 4.69) is 0 Å². The molecule has 56 radical (unpaired) electrons. The van der Waals surface area contributed by atoms with Gasteiger partial charge in [-0.05, 0) is 87.2 Å². The van der Waals surface area contributed by atoms with Gasteiger partial charge in [0.2, 0.25) is 0 Å². The molecule has 0 N–H and O–H groups in total. The molecule has 0 saturated heterocycles. The lowest BCUT2D eigenvalue weighted by Gasteiger charge is -2.33. The molecule has 0 atom stereocenters. The summed E-state index contributed by atoms with van der Waals surface area (Å²) in [5.74, 6) is 0. The Kier molecular flexibility index (Phi) is 13.1. The van der Waals surface area contributed by atoms with Gasteiger partial charge in [0.05, 0.1) is 0 Å². The van der Waals surface area contributed by atoms with Crippen LogP contribution in [0.1, 0.15) is 0 Å². The molecule has 260 valence electrons. The van der Waals surface area contributed by atoms with Gasteiger partial charge >= 0.3 is 0 Å². The summed E-state index contributed by atoms with van der Waals surface area (Å²) >= 11 is 0. The fourth-order valence-corrected chi connectivity index (χ4v) is 10.2. The maximum Gasteiger partial charge on any atom is 0.115 e. The minimum atomic E-state index is -0.253. The highest BCUT2D eigenvalue weighted by Gasteiger charge is 2.31. The molecule has 9 aromatic carbocycles. The molecular weight excluding hydrogens is 831 g/mol. The van der Waals surface area contributed by atoms with E-state index in [1.807, 2.05) is 0 Å². The Morgan fingerprint density at radius 2 is 0.222 bits per heavy atom. The normalized spacial score (nSPS) is 11.8. The van der Waals surface area contributed by atoms with Crippen LogP contribution in [-0.2, 0) is 0 Å². The molecule has 0 aliphatic carbocycles. The minimum absolute atomic E-state index is 0.00451. The van der Waals surface area contributed by atoms with Gasteiger partial charge < -0.3 is 0 Å². The van der Waals surface area contributed by atoms with Crippen LogP contribution in [0.5, 0.6) is 0 Å². The Bertz CT molecular complexity index is 4010. The standard InChI is InChI=1S/C44B28/c45-17-9(7-8(25(53)39(67)38(66)24(7)52)10-14(17)33(61)41(69)40(68)26(10)54)13-19(47)16-15(30(58)28(13)56)18(46)11(27(55)29(16)57)1-3-5(22(50)36(64)34(62)20(3)48)2(6-4(1)21(49)35(63)37(65)23(6)51)12-31(59)42(70)44(72)43(71)32(12)60. The number of hydrogen-bond donors (Lipinski definition) is 0. The van der Waals surface area contributed by atoms with Crippen molar-refractivity contribution in [3.05, 3.63) is 0 Å². The highest BCUT2D eigenvalue weighted by atomic mass is 14.3. The molecule has 0 aliphatic heterocycles. The zero-order valence-electron chi connectivity index (χ0n) is 38.2. The van der Waals surface area contributed by atoms with Gasteiger partial charge in [0.1, 0.15) is 220 Å². The molecule has 72 heavy (non-hydrogen) atoms. The number of rotatable bonds is 3. The van der Waals surface area contributed by atoms with Gasteiger partial charge in [-0.25, -0.2) is 0 Å². The van der Waals surface area contributed by atoms with E-state index in [4.69, 9.17) is 220 Å². The molecule has 0 unspecified atom stereocenters. The molecule has 0 saturated carbocycles. The van der Waals surface area contributed by atoms with Crippen LogP contribution in [0, 0.1) is 0 Å². The van der Waals surface area contributed by atoms with Crippen molar-refractivity contribution in [3.63, 3.8) is 0 Å². The van der Waals surface area contributed by atoms with Gasteiger partial charge in [0.25, 0.3) is 0 Å². The summed E-state index contributed by atoms with van der Waals surface area (Å²) < 4.78 is 0. The Morgan fingerprint density at radius 1 is 0.0833 bits per heavy atom. The molecule has 0 aromatic heterocycles. The third-order valence-electron chi connectivity index (χ3n) is 14.1. The Hall–Kier alpha value is -3.90. The van der Waals surface area contributed by atoms with Crippen LogP contribution in [0.15, 0.2) is 0 Å². The van der Waals surface area contributed by atoms with Crippen LogP contribution in [-0.4, -0.2) is 220 Å². The lowest BCUT2D eigenvalue weighted by molar-refractivity contribution is 1.85. The van der Waals surface area contributed by atoms with Crippen molar-refractivity contribution >= 4 is 427 Å². The van der Waals surface area contributed by atoms with E-state index < -0.39 is 0 Å². The van der Waals surface area contributed by atoms with Crippen molar-refractivity contribution in [2.45, 2.75) is 0 Å². The molecule has 0 aliphatic rings. The zero-order valence-corrected chi connectivity index (χ0v) is 38.2. The summed E-state index contributed by atoms with van der Waals surface area (Å²) in [6.45, 7) is 0. The SMILES string of the molecule is [B]c1c([B])c([B])c(-c2c3c([B])c([B])c([B])c([B])c3c(-c3c([B])c([B])c4c([B])c(-c5c([B])c6c([B])c([B])c([B])c([B])c6c6c([B])c([B])c([B])c([B])c56)c([B])c([B])c4c3[B])c3c([B])c([B])c([B])c([B])c23)c([B])c1[B]. The summed E-state index contributed by atoms with van der Waals surface area (Å²) in [7, 11) is 189. The second-order valence-corrected chi connectivity index (χ2v) is 17.6. The predicted molar refractivity (Wildman–Crippen MR) is 341 cm³/mol. The largest absolute Gasteiger partial charge is 0.115 e. The van der Waals surface area contributed by atoms with Crippen molar-refractivity contribution in [3.8, 4) is 33.4 Å². The fourth-order valence-electron chi connectivity index (χ4n) is 10.2. The van der Waals surface area contributed by atoms with Crippen LogP contribution >= 0.6 is 0 Å². The molecule has 0 heterocycles. The van der Waals surface area contributed by atoms with Gasteiger partial charge in [-0.15, -0.1) is 60.1 Å². The van der Waals surface area contributed by atoms with Crippen molar-refractivity contribution in [1.29, 1.82) is 0 Å². The maximum atomic E-state index is 7.32. The lowest BCUT2D eigenvalue weighted by Crippen LogP contribution is -2.55. The highest BCUT2D eigenvalue weighted by molar-refractivity contribution is 6.78. The first-order valence-electron chi connectivity index (χ1n) is 21.1. The summed E-state index contributed by atoms with van der Waals surface area (Å²) in [5.41, 5.74) is -4.45. The molecular formula is C44B28. The third-order valence-corrected chi connectivity index (χ3v) is 14.1. The fraction of sp³-hybridized carbons (Fsp3) is 0. The smallest absolute Gasteiger partial charge is 0.112 e. The van der Waals surface area contributed by atoms with E-state index in [1.54, 1.807) is 0 Å². The Balaban J connectivity index is 1.55.